The van der Waals surface area contributed by atoms with E-state index in [-0.39, 0.29) is 17.6 Å². The van der Waals surface area contributed by atoms with E-state index in [4.69, 9.17) is 21.7 Å². The summed E-state index contributed by atoms with van der Waals surface area (Å²) in [6.45, 7) is 2.93. The van der Waals surface area contributed by atoms with Crippen LogP contribution in [0.3, 0.4) is 0 Å². The quantitative estimate of drug-likeness (QED) is 0.586. The van der Waals surface area contributed by atoms with Crippen molar-refractivity contribution in [2.24, 2.45) is 0 Å². The first-order valence-corrected chi connectivity index (χ1v) is 9.91. The van der Waals surface area contributed by atoms with Crippen LogP contribution in [-0.2, 0) is 0 Å². The molecule has 0 bridgehead atoms. The number of hydrogen-bond acceptors (Lipinski definition) is 4. The summed E-state index contributed by atoms with van der Waals surface area (Å²) < 4.78 is 6.21. The number of aromatic carboxylic acids is 1. The summed E-state index contributed by atoms with van der Waals surface area (Å²) in [5, 5.41) is 13.2. The van der Waals surface area contributed by atoms with Crippen molar-refractivity contribution in [2.45, 2.75) is 25.4 Å². The number of rotatable bonds is 6. The van der Waals surface area contributed by atoms with E-state index in [0.29, 0.717) is 10.9 Å². The zero-order chi connectivity index (χ0) is 20.4. The number of carboxylic acid groups (broad SMARTS) is 1. The number of aromatic nitrogens is 1. The first-order valence-electron chi connectivity index (χ1n) is 9.50. The topological polar surface area (TPSA) is 78.6 Å². The third kappa shape index (κ3) is 3.73. The molecule has 29 heavy (non-hydrogen) atoms. The average Bonchev–Trinajstić information content (AvgIpc) is 3.34. The molecule has 4 rings (SSSR count). The number of pyridine rings is 1. The number of hydrogen-bond donors (Lipinski definition) is 2. The van der Waals surface area contributed by atoms with E-state index < -0.39 is 5.97 Å². The fraction of sp³-hybridized carbons (Fsp3) is 0.227. The maximum atomic E-state index is 11.1. The van der Waals surface area contributed by atoms with Gasteiger partial charge in [0, 0.05) is 18.3 Å². The molecule has 1 aliphatic heterocycles. The van der Waals surface area contributed by atoms with Crippen LogP contribution in [0, 0.1) is 0 Å². The summed E-state index contributed by atoms with van der Waals surface area (Å²) in [5.41, 5.74) is 1.98. The Hall–Kier alpha value is -3.19. The van der Waals surface area contributed by atoms with Gasteiger partial charge in [-0.2, -0.15) is 0 Å². The highest BCUT2D eigenvalue weighted by Crippen LogP contribution is 2.40. The van der Waals surface area contributed by atoms with Crippen molar-refractivity contribution >= 4 is 23.3 Å². The molecule has 0 saturated carbocycles. The standard InChI is InChI=1S/C22H21N3O3S/c1-2-13-25-20(19(24-22(25)29)16-5-3-4-12-23-16)18-11-10-17(28-18)14-6-8-15(9-7-14)21(26)27/h3-12,19-20H,2,13H2,1H3,(H,24,29)(H,26,27). The molecule has 0 spiro atoms. The van der Waals surface area contributed by atoms with E-state index in [1.54, 1.807) is 30.5 Å². The molecular formula is C22H21N3O3S. The molecule has 6 nitrogen and oxygen atoms in total. The van der Waals surface area contributed by atoms with Gasteiger partial charge in [-0.05, 0) is 55.0 Å². The van der Waals surface area contributed by atoms with E-state index in [0.717, 1.165) is 30.0 Å². The van der Waals surface area contributed by atoms with Crippen LogP contribution < -0.4 is 5.32 Å². The molecule has 7 heteroatoms. The van der Waals surface area contributed by atoms with Crippen LogP contribution in [0.15, 0.2) is 65.2 Å². The van der Waals surface area contributed by atoms with Crippen molar-refractivity contribution in [1.29, 1.82) is 0 Å². The van der Waals surface area contributed by atoms with Gasteiger partial charge in [-0.25, -0.2) is 4.79 Å². The minimum absolute atomic E-state index is 0.107. The maximum Gasteiger partial charge on any atom is 0.335 e. The molecule has 0 radical (unpaired) electrons. The van der Waals surface area contributed by atoms with Crippen molar-refractivity contribution in [1.82, 2.24) is 15.2 Å². The van der Waals surface area contributed by atoms with Crippen molar-refractivity contribution in [2.75, 3.05) is 6.54 Å². The largest absolute Gasteiger partial charge is 0.478 e. The highest BCUT2D eigenvalue weighted by atomic mass is 32.1. The van der Waals surface area contributed by atoms with Gasteiger partial charge in [0.1, 0.15) is 17.6 Å². The SMILES string of the molecule is CCCN1C(=S)NC(c2ccccn2)C1c1ccc(-c2ccc(C(=O)O)cc2)o1. The lowest BCUT2D eigenvalue weighted by atomic mass is 10.0. The molecule has 0 aliphatic carbocycles. The molecule has 1 aromatic carbocycles. The lowest BCUT2D eigenvalue weighted by molar-refractivity contribution is 0.0697. The molecule has 1 aliphatic rings. The second-order valence-corrected chi connectivity index (χ2v) is 7.29. The van der Waals surface area contributed by atoms with Crippen LogP contribution >= 0.6 is 12.2 Å². The zero-order valence-electron chi connectivity index (χ0n) is 15.9. The lowest BCUT2D eigenvalue weighted by Gasteiger charge is -2.25. The molecule has 3 heterocycles. The molecular weight excluding hydrogens is 386 g/mol. The number of carbonyl (C=O) groups is 1. The Morgan fingerprint density at radius 2 is 2.00 bits per heavy atom. The van der Waals surface area contributed by atoms with Crippen LogP contribution in [0.5, 0.6) is 0 Å². The predicted octanol–water partition coefficient (Wildman–Crippen LogP) is 4.42. The van der Waals surface area contributed by atoms with E-state index in [9.17, 15) is 4.79 Å². The number of carboxylic acids is 1. The van der Waals surface area contributed by atoms with Gasteiger partial charge in [-0.15, -0.1) is 0 Å². The highest BCUT2D eigenvalue weighted by molar-refractivity contribution is 7.80. The number of thiocarbonyl (C=S) groups is 1. The van der Waals surface area contributed by atoms with E-state index in [2.05, 4.69) is 22.1 Å². The van der Waals surface area contributed by atoms with Gasteiger partial charge in [0.2, 0.25) is 0 Å². The van der Waals surface area contributed by atoms with Crippen LogP contribution in [0.25, 0.3) is 11.3 Å². The van der Waals surface area contributed by atoms with Gasteiger partial charge in [-0.3, -0.25) is 4.98 Å². The first-order chi connectivity index (χ1) is 14.1. The summed E-state index contributed by atoms with van der Waals surface area (Å²) in [4.78, 5) is 17.7. The van der Waals surface area contributed by atoms with Gasteiger partial charge in [0.25, 0.3) is 0 Å². The molecule has 2 N–H and O–H groups in total. The van der Waals surface area contributed by atoms with E-state index >= 15 is 0 Å². The maximum absolute atomic E-state index is 11.1. The molecule has 3 aromatic rings. The minimum Gasteiger partial charge on any atom is -0.478 e. The molecule has 2 atom stereocenters. The molecule has 0 amide bonds. The summed E-state index contributed by atoms with van der Waals surface area (Å²) >= 11 is 5.59. The smallest absolute Gasteiger partial charge is 0.335 e. The van der Waals surface area contributed by atoms with E-state index in [1.807, 2.05) is 30.3 Å². The monoisotopic (exact) mass is 407 g/mol. The first kappa shape index (κ1) is 19.1. The van der Waals surface area contributed by atoms with E-state index in [1.165, 1.54) is 0 Å². The minimum atomic E-state index is -0.948. The zero-order valence-corrected chi connectivity index (χ0v) is 16.7. The Balaban J connectivity index is 1.68. The molecule has 1 fully saturated rings. The van der Waals surface area contributed by atoms with Gasteiger partial charge >= 0.3 is 5.97 Å². The third-order valence-corrected chi connectivity index (χ3v) is 5.35. The Kier molecular flexibility index (Phi) is 5.31. The summed E-state index contributed by atoms with van der Waals surface area (Å²) in [7, 11) is 0. The Bertz CT molecular complexity index is 1020. The van der Waals surface area contributed by atoms with Crippen LogP contribution in [-0.4, -0.2) is 32.6 Å². The lowest BCUT2D eigenvalue weighted by Crippen LogP contribution is -2.30. The van der Waals surface area contributed by atoms with Gasteiger partial charge in [0.05, 0.1) is 17.3 Å². The second-order valence-electron chi connectivity index (χ2n) is 6.90. The molecule has 2 aromatic heterocycles. The van der Waals surface area contributed by atoms with Crippen molar-refractivity contribution in [3.8, 4) is 11.3 Å². The second kappa shape index (κ2) is 8.05. The highest BCUT2D eigenvalue weighted by Gasteiger charge is 2.41. The number of benzene rings is 1. The number of nitrogens with zero attached hydrogens (tertiary/aromatic N) is 2. The summed E-state index contributed by atoms with van der Waals surface area (Å²) in [6, 6.07) is 16.1. The van der Waals surface area contributed by atoms with Crippen LogP contribution in [0.2, 0.25) is 0 Å². The van der Waals surface area contributed by atoms with Gasteiger partial charge in [-0.1, -0.05) is 25.1 Å². The Morgan fingerprint density at radius 3 is 2.66 bits per heavy atom. The average molecular weight is 407 g/mol. The Morgan fingerprint density at radius 1 is 1.21 bits per heavy atom. The summed E-state index contributed by atoms with van der Waals surface area (Å²) in [5.74, 6) is 0.528. The predicted molar refractivity (Wildman–Crippen MR) is 114 cm³/mol. The molecule has 148 valence electrons. The summed E-state index contributed by atoms with van der Waals surface area (Å²) in [6.07, 6.45) is 2.73. The van der Waals surface area contributed by atoms with Crippen LogP contribution in [0.4, 0.5) is 0 Å². The number of furan rings is 1. The fourth-order valence-electron chi connectivity index (χ4n) is 3.64. The Labute approximate surface area is 174 Å². The third-order valence-electron chi connectivity index (χ3n) is 5.00. The van der Waals surface area contributed by atoms with Crippen molar-refractivity contribution in [3.05, 3.63) is 77.8 Å². The normalized spacial score (nSPS) is 18.7. The van der Waals surface area contributed by atoms with Crippen LogP contribution in [0.1, 0.15) is 47.2 Å². The molecule has 1 saturated heterocycles. The fourth-order valence-corrected chi connectivity index (χ4v) is 3.97. The number of nitrogens with one attached hydrogen (secondary N) is 1. The van der Waals surface area contributed by atoms with Crippen molar-refractivity contribution in [3.63, 3.8) is 0 Å². The van der Waals surface area contributed by atoms with Crippen molar-refractivity contribution < 1.29 is 14.3 Å². The van der Waals surface area contributed by atoms with Gasteiger partial charge in [0.15, 0.2) is 5.11 Å². The van der Waals surface area contributed by atoms with Gasteiger partial charge < -0.3 is 19.7 Å². The molecule has 2 unspecified atom stereocenters.